The third kappa shape index (κ3) is 9.68. The number of hydrogen-bond acceptors (Lipinski definition) is 9. The second-order valence-corrected chi connectivity index (χ2v) is 14.8. The van der Waals surface area contributed by atoms with E-state index in [2.05, 4.69) is 31.1 Å². The minimum atomic E-state index is -3.52. The van der Waals surface area contributed by atoms with Crippen molar-refractivity contribution < 1.29 is 32.6 Å². The summed E-state index contributed by atoms with van der Waals surface area (Å²) in [5, 5.41) is 15.1. The van der Waals surface area contributed by atoms with E-state index in [0.717, 1.165) is 10.7 Å². The molecule has 0 saturated heterocycles. The lowest BCUT2D eigenvalue weighted by Gasteiger charge is -2.15. The van der Waals surface area contributed by atoms with Crippen molar-refractivity contribution in [3.05, 3.63) is 92.9 Å². The minimum absolute atomic E-state index is 0.0867. The van der Waals surface area contributed by atoms with E-state index >= 15 is 0 Å². The summed E-state index contributed by atoms with van der Waals surface area (Å²) in [6, 6.07) is 15.5. The van der Waals surface area contributed by atoms with Crippen LogP contribution in [-0.2, 0) is 33.1 Å². The third-order valence-corrected chi connectivity index (χ3v) is 9.46. The van der Waals surface area contributed by atoms with Gasteiger partial charge < -0.3 is 25.6 Å². The average molecular weight is 672 g/mol. The number of carbonyl (C=O) groups excluding carboxylic acids is 1. The SMILES string of the molecule is CC(C)(C)c1csc(COc2cc(N)cc(C(=O)Nc3cc(CCCS(=O)(=O)c4ccc(Cl)cc4)ccc3OCC(=O)O)c2)n1. The molecule has 1 aromatic heterocycles. The van der Waals surface area contributed by atoms with Crippen LogP contribution in [0.1, 0.15) is 53.8 Å². The normalized spacial score (nSPS) is 11.6. The van der Waals surface area contributed by atoms with E-state index in [4.69, 9.17) is 31.9 Å². The minimum Gasteiger partial charge on any atom is -0.486 e. The topological polar surface area (TPSA) is 158 Å². The van der Waals surface area contributed by atoms with Gasteiger partial charge in [0, 0.05) is 33.1 Å². The number of carboxylic acid groups (broad SMARTS) is 1. The van der Waals surface area contributed by atoms with Gasteiger partial charge in [-0.05, 0) is 66.9 Å². The number of rotatable bonds is 13. The Kier molecular flexibility index (Phi) is 10.7. The number of carbonyl (C=O) groups is 2. The van der Waals surface area contributed by atoms with Crippen molar-refractivity contribution in [2.45, 2.75) is 50.5 Å². The van der Waals surface area contributed by atoms with E-state index in [-0.39, 0.29) is 39.7 Å². The Bertz CT molecular complexity index is 1780. The zero-order valence-electron chi connectivity index (χ0n) is 25.0. The maximum Gasteiger partial charge on any atom is 0.341 e. The molecule has 4 N–H and O–H groups in total. The average Bonchev–Trinajstić information content (AvgIpc) is 3.45. The number of aryl methyl sites for hydroxylation is 1. The molecule has 1 amide bonds. The maximum atomic E-state index is 13.3. The van der Waals surface area contributed by atoms with Crippen molar-refractivity contribution in [1.82, 2.24) is 4.98 Å². The highest BCUT2D eigenvalue weighted by Gasteiger charge is 2.19. The largest absolute Gasteiger partial charge is 0.486 e. The van der Waals surface area contributed by atoms with Gasteiger partial charge in [0.1, 0.15) is 23.1 Å². The number of anilines is 2. The summed E-state index contributed by atoms with van der Waals surface area (Å²) >= 11 is 7.36. The molecule has 0 bridgehead atoms. The molecular formula is C32H34ClN3O7S2. The first kappa shape index (κ1) is 33.8. The Balaban J connectivity index is 1.47. The molecule has 4 aromatic rings. The van der Waals surface area contributed by atoms with E-state index in [0.29, 0.717) is 34.9 Å². The smallest absolute Gasteiger partial charge is 0.341 e. The van der Waals surface area contributed by atoms with Crippen LogP contribution in [0.25, 0.3) is 0 Å². The summed E-state index contributed by atoms with van der Waals surface area (Å²) in [6.07, 6.45) is 0.679. The lowest BCUT2D eigenvalue weighted by Crippen LogP contribution is -2.16. The number of nitrogens with one attached hydrogen (secondary N) is 1. The van der Waals surface area contributed by atoms with E-state index in [1.165, 1.54) is 47.7 Å². The number of nitrogens with two attached hydrogens (primary N) is 1. The number of hydrogen-bond donors (Lipinski definition) is 3. The molecule has 0 aliphatic rings. The van der Waals surface area contributed by atoms with Gasteiger partial charge >= 0.3 is 5.97 Å². The van der Waals surface area contributed by atoms with Crippen molar-refractivity contribution in [2.75, 3.05) is 23.4 Å². The number of aliphatic carboxylic acids is 1. The highest BCUT2D eigenvalue weighted by Crippen LogP contribution is 2.29. The lowest BCUT2D eigenvalue weighted by atomic mass is 9.93. The summed E-state index contributed by atoms with van der Waals surface area (Å²) in [6.45, 7) is 5.82. The van der Waals surface area contributed by atoms with Crippen LogP contribution in [0.4, 0.5) is 11.4 Å². The molecule has 0 fully saturated rings. The zero-order chi connectivity index (χ0) is 32.8. The fourth-order valence-corrected chi connectivity index (χ4v) is 6.59. The predicted molar refractivity (Wildman–Crippen MR) is 175 cm³/mol. The van der Waals surface area contributed by atoms with Crippen molar-refractivity contribution in [3.8, 4) is 11.5 Å². The molecule has 0 saturated carbocycles. The van der Waals surface area contributed by atoms with Crippen molar-refractivity contribution in [1.29, 1.82) is 0 Å². The summed E-state index contributed by atoms with van der Waals surface area (Å²) < 4.78 is 36.8. The molecule has 10 nitrogen and oxygen atoms in total. The summed E-state index contributed by atoms with van der Waals surface area (Å²) in [4.78, 5) is 29.3. The first-order valence-corrected chi connectivity index (χ1v) is 16.9. The molecule has 0 unspecified atom stereocenters. The van der Waals surface area contributed by atoms with Crippen LogP contribution in [0.3, 0.4) is 0 Å². The van der Waals surface area contributed by atoms with Crippen LogP contribution in [0.2, 0.25) is 5.02 Å². The van der Waals surface area contributed by atoms with Crippen LogP contribution in [0.5, 0.6) is 11.5 Å². The lowest BCUT2D eigenvalue weighted by molar-refractivity contribution is -0.139. The molecule has 0 aliphatic heterocycles. The number of halogens is 1. The molecule has 0 atom stereocenters. The first-order valence-electron chi connectivity index (χ1n) is 13.9. The van der Waals surface area contributed by atoms with E-state index in [1.54, 1.807) is 24.3 Å². The second kappa shape index (κ2) is 14.3. The molecule has 0 aliphatic carbocycles. The Morgan fingerprint density at radius 2 is 1.78 bits per heavy atom. The molecule has 0 radical (unpaired) electrons. The van der Waals surface area contributed by atoms with Gasteiger partial charge in [-0.1, -0.05) is 38.4 Å². The molecule has 3 aromatic carbocycles. The van der Waals surface area contributed by atoms with Crippen molar-refractivity contribution in [2.24, 2.45) is 0 Å². The van der Waals surface area contributed by atoms with Gasteiger partial charge in [0.25, 0.3) is 5.91 Å². The van der Waals surface area contributed by atoms with Crippen LogP contribution in [0, 0.1) is 0 Å². The fourth-order valence-electron chi connectivity index (χ4n) is 4.22. The van der Waals surface area contributed by atoms with Crippen molar-refractivity contribution >= 4 is 56.0 Å². The molecule has 0 spiro atoms. The standard InChI is InChI=1S/C32H34ClN3O7S2/c1-32(2,3)28-19-44-29(36-28)17-42-24-15-21(14-23(34)16-24)31(39)35-26-13-20(6-11-27(26)43-18-30(37)38)5-4-12-45(40,41)25-9-7-22(33)8-10-25/h6-11,13-16,19H,4-5,12,17-18,34H2,1-3H3,(H,35,39)(H,37,38). The van der Waals surface area contributed by atoms with Gasteiger partial charge in [0.15, 0.2) is 16.4 Å². The van der Waals surface area contributed by atoms with Crippen molar-refractivity contribution in [3.63, 3.8) is 0 Å². The maximum absolute atomic E-state index is 13.3. The van der Waals surface area contributed by atoms with Crippen LogP contribution in [0.15, 0.2) is 70.9 Å². The molecule has 13 heteroatoms. The molecular weight excluding hydrogens is 638 g/mol. The first-order chi connectivity index (χ1) is 21.2. The van der Waals surface area contributed by atoms with Gasteiger partial charge in [-0.3, -0.25) is 4.79 Å². The van der Waals surface area contributed by atoms with Gasteiger partial charge in [-0.2, -0.15) is 0 Å². The summed E-state index contributed by atoms with van der Waals surface area (Å²) in [7, 11) is -3.52. The number of nitrogen functional groups attached to an aromatic ring is 1. The number of thiazole rings is 1. The highest BCUT2D eigenvalue weighted by molar-refractivity contribution is 7.91. The number of nitrogens with zero attached hydrogens (tertiary/aromatic N) is 1. The van der Waals surface area contributed by atoms with Crippen LogP contribution >= 0.6 is 22.9 Å². The monoisotopic (exact) mass is 671 g/mol. The Morgan fingerprint density at radius 3 is 2.44 bits per heavy atom. The number of ether oxygens (including phenoxy) is 2. The molecule has 45 heavy (non-hydrogen) atoms. The Labute approximate surface area is 271 Å². The van der Waals surface area contributed by atoms with Crippen LogP contribution < -0.4 is 20.5 Å². The number of benzene rings is 3. The van der Waals surface area contributed by atoms with E-state index in [1.807, 2.05) is 5.38 Å². The Morgan fingerprint density at radius 1 is 1.04 bits per heavy atom. The predicted octanol–water partition coefficient (Wildman–Crippen LogP) is 6.38. The van der Waals surface area contributed by atoms with Gasteiger partial charge in [-0.25, -0.2) is 18.2 Å². The summed E-state index contributed by atoms with van der Waals surface area (Å²) in [5.74, 6) is -1.29. The van der Waals surface area contributed by atoms with Gasteiger partial charge in [0.05, 0.1) is 22.0 Å². The number of sulfone groups is 1. The molecule has 1 heterocycles. The number of amides is 1. The Hall–Kier alpha value is -4.13. The van der Waals surface area contributed by atoms with E-state index < -0.39 is 28.3 Å². The fraction of sp³-hybridized carbons (Fsp3) is 0.281. The third-order valence-electron chi connectivity index (χ3n) is 6.57. The van der Waals surface area contributed by atoms with Gasteiger partial charge in [0.2, 0.25) is 0 Å². The van der Waals surface area contributed by atoms with Crippen LogP contribution in [-0.4, -0.2) is 42.7 Å². The van der Waals surface area contributed by atoms with E-state index in [9.17, 15) is 18.0 Å². The molecule has 238 valence electrons. The quantitative estimate of drug-likeness (QED) is 0.137. The summed E-state index contributed by atoms with van der Waals surface area (Å²) in [5.41, 5.74) is 8.41. The van der Waals surface area contributed by atoms with Gasteiger partial charge in [-0.15, -0.1) is 11.3 Å². The highest BCUT2D eigenvalue weighted by atomic mass is 35.5. The molecule has 4 rings (SSSR count). The number of carboxylic acids is 1. The number of aromatic nitrogens is 1. The zero-order valence-corrected chi connectivity index (χ0v) is 27.4. The second-order valence-electron chi connectivity index (χ2n) is 11.3.